The van der Waals surface area contributed by atoms with Crippen LogP contribution in [0, 0.1) is 0 Å². The van der Waals surface area contributed by atoms with Crippen molar-refractivity contribution in [1.29, 1.82) is 0 Å². The fourth-order valence-electron chi connectivity index (χ4n) is 0.236. The van der Waals surface area contributed by atoms with E-state index in [1.807, 2.05) is 0 Å². The van der Waals surface area contributed by atoms with Gasteiger partial charge in [-0.05, 0) is 0 Å². The summed E-state index contributed by atoms with van der Waals surface area (Å²) < 4.78 is 0.917. The van der Waals surface area contributed by atoms with Crippen LogP contribution in [0.25, 0.3) is 0 Å². The Morgan fingerprint density at radius 2 is 2.38 bits per heavy atom. The normalized spacial score (nSPS) is 8.00. The minimum Gasteiger partial charge on any atom is -0.478 e. The van der Waals surface area contributed by atoms with E-state index >= 15 is 0 Å². The van der Waals surface area contributed by atoms with Crippen LogP contribution in [0.3, 0.4) is 0 Å². The second-order valence-corrected chi connectivity index (χ2v) is 1.04. The van der Waals surface area contributed by atoms with E-state index in [2.05, 4.69) is 10.2 Å². The van der Waals surface area contributed by atoms with Gasteiger partial charge in [0, 0.05) is 16.8 Å². The zero-order chi connectivity index (χ0) is 5.28. The smallest absolute Gasteiger partial charge is 0.333 e. The van der Waals surface area contributed by atoms with Gasteiger partial charge < -0.3 is 10.9 Å². The molecule has 0 spiro atoms. The predicted octanol–water partition coefficient (Wildman–Crippen LogP) is -1.31. The molecule has 0 aliphatic rings. The van der Waals surface area contributed by atoms with E-state index in [0.29, 0.717) is 0 Å². The summed E-state index contributed by atoms with van der Waals surface area (Å²) >= 11 is 0. The fourth-order valence-corrected chi connectivity index (χ4v) is 0.236. The van der Waals surface area contributed by atoms with Crippen LogP contribution in [0.2, 0.25) is 0 Å². The number of nitrogen functional groups attached to an aromatic ring is 1. The molecule has 8 heavy (non-hydrogen) atoms. The van der Waals surface area contributed by atoms with E-state index in [4.69, 9.17) is 10.9 Å². The Balaban J connectivity index is 0.000000490. The van der Waals surface area contributed by atoms with Crippen LogP contribution >= 0.6 is 0 Å². The molecule has 6 heteroatoms. The van der Waals surface area contributed by atoms with Crippen LogP contribution in [0.15, 0.2) is 6.33 Å². The number of hydrogen-bond acceptors (Lipinski definition) is 4. The van der Waals surface area contributed by atoms with Crippen molar-refractivity contribution in [1.82, 2.24) is 14.9 Å². The van der Waals surface area contributed by atoms with Gasteiger partial charge in [-0.15, -0.1) is 5.10 Å². The van der Waals surface area contributed by atoms with Crippen molar-refractivity contribution in [2.24, 2.45) is 0 Å². The van der Waals surface area contributed by atoms with Crippen molar-refractivity contribution < 1.29 is 21.9 Å². The minimum atomic E-state index is -0.278. The molecule has 0 aromatic carbocycles. The summed E-state index contributed by atoms with van der Waals surface area (Å²) in [6.07, 6.45) is 1.20. The molecule has 47 valence electrons. The van der Waals surface area contributed by atoms with E-state index in [-0.39, 0.29) is 22.8 Å². The molecular weight excluding hydrogens is 155 g/mol. The van der Waals surface area contributed by atoms with Crippen molar-refractivity contribution in [3.8, 4) is 6.01 Å². The van der Waals surface area contributed by atoms with Crippen molar-refractivity contribution >= 4 is 0 Å². The Bertz CT molecular complexity index is 146. The fraction of sp³-hybridized carbons (Fsp3) is 0. The molecule has 0 fully saturated rings. The van der Waals surface area contributed by atoms with E-state index in [1.165, 1.54) is 6.33 Å². The van der Waals surface area contributed by atoms with Gasteiger partial charge in [0.2, 0.25) is 0 Å². The molecule has 5 nitrogen and oxygen atoms in total. The van der Waals surface area contributed by atoms with E-state index in [0.717, 1.165) is 4.68 Å². The van der Waals surface area contributed by atoms with Gasteiger partial charge in [-0.3, -0.25) is 0 Å². The zero-order valence-corrected chi connectivity index (χ0v) is 4.82. The third-order valence-corrected chi connectivity index (χ3v) is 0.554. The van der Waals surface area contributed by atoms with Crippen LogP contribution in [-0.4, -0.2) is 20.0 Å². The maximum Gasteiger partial charge on any atom is 0.333 e. The number of hydrogen-bond donors (Lipinski definition) is 2. The first-order chi connectivity index (χ1) is 3.30. The SMILES string of the molecule is Nn1cnnc1O.[Co]. The van der Waals surface area contributed by atoms with Crippen LogP contribution in [0.1, 0.15) is 0 Å². The number of nitrogens with two attached hydrogens (primary N) is 1. The van der Waals surface area contributed by atoms with Crippen LogP contribution in [0.4, 0.5) is 0 Å². The molecule has 0 bridgehead atoms. The van der Waals surface area contributed by atoms with Crippen molar-refractivity contribution in [2.75, 3.05) is 5.84 Å². The minimum absolute atomic E-state index is 0. The predicted molar refractivity (Wildman–Crippen MR) is 21.8 cm³/mol. The first-order valence-electron chi connectivity index (χ1n) is 1.65. The Kier molecular flexibility index (Phi) is 2.29. The molecule has 0 amide bonds. The Hall–Kier alpha value is -0.754. The molecule has 1 rings (SSSR count). The van der Waals surface area contributed by atoms with Gasteiger partial charge in [0.05, 0.1) is 0 Å². The summed E-state index contributed by atoms with van der Waals surface area (Å²) in [5, 5.41) is 14.8. The summed E-state index contributed by atoms with van der Waals surface area (Å²) in [6.45, 7) is 0. The zero-order valence-electron chi connectivity index (χ0n) is 3.78. The average molecular weight is 159 g/mol. The molecule has 0 saturated heterocycles. The first-order valence-corrected chi connectivity index (χ1v) is 1.65. The van der Waals surface area contributed by atoms with Crippen molar-refractivity contribution in [3.63, 3.8) is 0 Å². The largest absolute Gasteiger partial charge is 0.478 e. The van der Waals surface area contributed by atoms with E-state index < -0.39 is 0 Å². The second kappa shape index (κ2) is 2.53. The van der Waals surface area contributed by atoms with E-state index in [9.17, 15) is 0 Å². The van der Waals surface area contributed by atoms with Gasteiger partial charge in [0.25, 0.3) is 0 Å². The Morgan fingerprint density at radius 1 is 1.75 bits per heavy atom. The number of aromatic nitrogens is 3. The number of aromatic hydroxyl groups is 1. The quantitative estimate of drug-likeness (QED) is 0.461. The molecule has 0 aliphatic carbocycles. The molecule has 3 N–H and O–H groups in total. The standard InChI is InChI=1S/C2H4N4O.Co/c3-6-1-4-5-2(6)7;/h1H,3H2,(H,5,7);. The van der Waals surface area contributed by atoms with Crippen LogP contribution in [-0.2, 0) is 16.8 Å². The van der Waals surface area contributed by atoms with Gasteiger partial charge >= 0.3 is 6.01 Å². The molecule has 1 radical (unpaired) electrons. The summed E-state index contributed by atoms with van der Waals surface area (Å²) in [6, 6.07) is -0.278. The summed E-state index contributed by atoms with van der Waals surface area (Å²) in [5.74, 6) is 4.98. The third kappa shape index (κ3) is 1.11. The molecule has 0 atom stereocenters. The summed E-state index contributed by atoms with van der Waals surface area (Å²) in [5.41, 5.74) is 0. The molecule has 0 unspecified atom stereocenters. The van der Waals surface area contributed by atoms with Gasteiger partial charge in [0.1, 0.15) is 6.33 Å². The first kappa shape index (κ1) is 7.25. The number of nitrogens with zero attached hydrogens (tertiary/aromatic N) is 3. The Morgan fingerprint density at radius 3 is 2.50 bits per heavy atom. The van der Waals surface area contributed by atoms with Crippen LogP contribution < -0.4 is 5.84 Å². The van der Waals surface area contributed by atoms with Crippen molar-refractivity contribution in [2.45, 2.75) is 0 Å². The van der Waals surface area contributed by atoms with Crippen LogP contribution in [0.5, 0.6) is 6.01 Å². The second-order valence-electron chi connectivity index (χ2n) is 1.04. The molecule has 1 aromatic heterocycles. The molecule has 1 heterocycles. The monoisotopic (exact) mass is 159 g/mol. The number of rotatable bonds is 0. The molecular formula is C2H4CoN4O. The van der Waals surface area contributed by atoms with Gasteiger partial charge in [-0.2, -0.15) is 4.68 Å². The van der Waals surface area contributed by atoms with E-state index in [1.54, 1.807) is 0 Å². The molecule has 0 saturated carbocycles. The molecule has 1 aromatic rings. The summed E-state index contributed by atoms with van der Waals surface area (Å²) in [4.78, 5) is 0. The Labute approximate surface area is 55.7 Å². The maximum atomic E-state index is 8.42. The maximum absolute atomic E-state index is 8.42. The van der Waals surface area contributed by atoms with Gasteiger partial charge in [-0.25, -0.2) is 0 Å². The topological polar surface area (TPSA) is 77.0 Å². The van der Waals surface area contributed by atoms with Gasteiger partial charge in [-0.1, -0.05) is 5.10 Å². The summed E-state index contributed by atoms with van der Waals surface area (Å²) in [7, 11) is 0. The molecule has 0 aliphatic heterocycles. The van der Waals surface area contributed by atoms with Crippen molar-refractivity contribution in [3.05, 3.63) is 6.33 Å². The average Bonchev–Trinajstić information content (AvgIpc) is 1.91. The third-order valence-electron chi connectivity index (χ3n) is 0.554. The van der Waals surface area contributed by atoms with Gasteiger partial charge in [0.15, 0.2) is 0 Å².